The Hall–Kier alpha value is -2.48. The highest BCUT2D eigenvalue weighted by molar-refractivity contribution is 5.82. The summed E-state index contributed by atoms with van der Waals surface area (Å²) in [6.45, 7) is 9.07. The standard InChI is InChI=1S/C36H52N2/c1-5-9-13-16-26-34-33(25-12-8-4)35(31-23-17-21-29(27-31)19-14-10-6-2)38(37)36(34)32-24-18-22-30(28-32)20-15-11-7-3/h17-18,21-24,27-28H,5-16,19-20,25-26H2,1-4H3. The molecule has 0 atom stereocenters. The molecule has 0 radical (unpaired) electrons. The molecule has 0 fully saturated rings. The van der Waals surface area contributed by atoms with Crippen molar-refractivity contribution in [3.63, 3.8) is 0 Å². The van der Waals surface area contributed by atoms with E-state index in [1.807, 2.05) is 0 Å². The van der Waals surface area contributed by atoms with Gasteiger partial charge >= 0.3 is 0 Å². The van der Waals surface area contributed by atoms with Gasteiger partial charge in [-0.25, -0.2) is 4.70 Å². The van der Waals surface area contributed by atoms with Crippen molar-refractivity contribution in [2.45, 2.75) is 130 Å². The molecule has 0 N–H and O–H groups in total. The molecule has 206 valence electrons. The van der Waals surface area contributed by atoms with E-state index in [0.29, 0.717) is 0 Å². The maximum Gasteiger partial charge on any atom is 0.211 e. The van der Waals surface area contributed by atoms with Gasteiger partial charge in [0.15, 0.2) is 0 Å². The summed E-state index contributed by atoms with van der Waals surface area (Å²) in [4.78, 5) is 0. The van der Waals surface area contributed by atoms with Crippen molar-refractivity contribution < 1.29 is 4.70 Å². The van der Waals surface area contributed by atoms with Gasteiger partial charge in [0, 0.05) is 22.3 Å². The van der Waals surface area contributed by atoms with Gasteiger partial charge in [-0.2, -0.15) is 0 Å². The number of nitrogens with zero attached hydrogens (tertiary/aromatic N) is 2. The smallest absolute Gasteiger partial charge is 0.211 e. The van der Waals surface area contributed by atoms with Crippen molar-refractivity contribution in [3.05, 3.63) is 87.5 Å². The van der Waals surface area contributed by atoms with E-state index in [0.717, 1.165) is 61.0 Å². The summed E-state index contributed by atoms with van der Waals surface area (Å²) in [6, 6.07) is 17.9. The molecule has 2 aromatic carbocycles. The van der Waals surface area contributed by atoms with Crippen molar-refractivity contribution in [1.82, 2.24) is 0 Å². The van der Waals surface area contributed by atoms with Gasteiger partial charge in [-0.05, 0) is 86.8 Å². The normalized spacial score (nSPS) is 13.7. The summed E-state index contributed by atoms with van der Waals surface area (Å²) in [5, 5.41) is 0. The molecule has 2 heteroatoms. The molecule has 0 saturated heterocycles. The lowest BCUT2D eigenvalue weighted by Gasteiger charge is -2.12. The van der Waals surface area contributed by atoms with Gasteiger partial charge in [-0.15, -0.1) is 0 Å². The number of hydrogen-bond donors (Lipinski definition) is 0. The molecule has 0 saturated carbocycles. The van der Waals surface area contributed by atoms with Crippen LogP contribution < -0.4 is 0 Å². The zero-order valence-electron chi connectivity index (χ0n) is 24.8. The summed E-state index contributed by atoms with van der Waals surface area (Å²) in [6.07, 6.45) is 19.0. The van der Waals surface area contributed by atoms with Gasteiger partial charge in [0.25, 0.3) is 0 Å². The first kappa shape index (κ1) is 30.1. The first-order valence-corrected chi connectivity index (χ1v) is 15.8. The SMILES string of the molecule is CCCCCCC1=C(c2cccc(CCCCC)c2)[N+](=[N-])C(c2cccc(CCCCC)c2)=C1CCCC. The maximum atomic E-state index is 11.9. The molecular formula is C36H52N2. The molecule has 0 aromatic heterocycles. The highest BCUT2D eigenvalue weighted by atomic mass is 15.2. The fourth-order valence-electron chi connectivity index (χ4n) is 5.77. The van der Waals surface area contributed by atoms with Crippen LogP contribution in [0.1, 0.15) is 140 Å². The van der Waals surface area contributed by atoms with Crippen molar-refractivity contribution >= 4 is 11.4 Å². The van der Waals surface area contributed by atoms with Gasteiger partial charge in [-0.3, -0.25) is 0 Å². The van der Waals surface area contributed by atoms with E-state index in [2.05, 4.69) is 76.2 Å². The van der Waals surface area contributed by atoms with E-state index in [9.17, 15) is 5.53 Å². The van der Waals surface area contributed by atoms with E-state index in [1.165, 1.54) is 86.5 Å². The van der Waals surface area contributed by atoms with E-state index in [-0.39, 0.29) is 0 Å². The highest BCUT2D eigenvalue weighted by Gasteiger charge is 2.35. The number of hydrogen-bond acceptors (Lipinski definition) is 0. The summed E-state index contributed by atoms with van der Waals surface area (Å²) in [5.74, 6) is 0. The minimum absolute atomic E-state index is 1.02. The Morgan fingerprint density at radius 1 is 0.500 bits per heavy atom. The van der Waals surface area contributed by atoms with Crippen LogP contribution in [0.4, 0.5) is 0 Å². The second-order valence-corrected chi connectivity index (χ2v) is 11.2. The van der Waals surface area contributed by atoms with Gasteiger partial charge in [0.1, 0.15) is 0 Å². The molecular weight excluding hydrogens is 460 g/mol. The lowest BCUT2D eigenvalue weighted by molar-refractivity contribution is -0.345. The molecule has 0 unspecified atom stereocenters. The van der Waals surface area contributed by atoms with Crippen LogP contribution in [0.25, 0.3) is 16.9 Å². The van der Waals surface area contributed by atoms with Crippen molar-refractivity contribution in [2.75, 3.05) is 0 Å². The third kappa shape index (κ3) is 8.26. The Bertz CT molecular complexity index is 1090. The number of allylic oxidation sites excluding steroid dienone is 2. The summed E-state index contributed by atoms with van der Waals surface area (Å²) in [7, 11) is 0. The quantitative estimate of drug-likeness (QED) is 0.140. The highest BCUT2D eigenvalue weighted by Crippen LogP contribution is 2.44. The predicted octanol–water partition coefficient (Wildman–Crippen LogP) is 11.5. The van der Waals surface area contributed by atoms with Crippen LogP contribution in [0.3, 0.4) is 0 Å². The van der Waals surface area contributed by atoms with Gasteiger partial charge in [0.05, 0.1) is 0 Å². The Kier molecular flexibility index (Phi) is 13.0. The summed E-state index contributed by atoms with van der Waals surface area (Å²) in [5.41, 5.74) is 21.8. The van der Waals surface area contributed by atoms with Crippen molar-refractivity contribution in [3.8, 4) is 0 Å². The zero-order chi connectivity index (χ0) is 27.2. The van der Waals surface area contributed by atoms with Crippen LogP contribution in [0.5, 0.6) is 0 Å². The first-order chi connectivity index (χ1) is 18.6. The van der Waals surface area contributed by atoms with Gasteiger partial charge < -0.3 is 5.53 Å². The molecule has 2 aromatic rings. The van der Waals surface area contributed by atoms with Crippen molar-refractivity contribution in [2.24, 2.45) is 0 Å². The molecule has 0 bridgehead atoms. The maximum absolute atomic E-state index is 11.9. The Morgan fingerprint density at radius 3 is 1.39 bits per heavy atom. The topological polar surface area (TPSA) is 25.3 Å². The van der Waals surface area contributed by atoms with Crippen LogP contribution >= 0.6 is 0 Å². The van der Waals surface area contributed by atoms with E-state index < -0.39 is 0 Å². The van der Waals surface area contributed by atoms with Crippen LogP contribution in [0.15, 0.2) is 59.7 Å². The van der Waals surface area contributed by atoms with E-state index in [1.54, 1.807) is 4.70 Å². The second-order valence-electron chi connectivity index (χ2n) is 11.2. The molecule has 2 nitrogen and oxygen atoms in total. The Balaban J connectivity index is 2.04. The molecule has 38 heavy (non-hydrogen) atoms. The molecule has 1 aliphatic heterocycles. The average molecular weight is 513 g/mol. The second kappa shape index (κ2) is 16.5. The predicted molar refractivity (Wildman–Crippen MR) is 165 cm³/mol. The number of benzene rings is 2. The molecule has 3 rings (SSSR count). The zero-order valence-corrected chi connectivity index (χ0v) is 24.8. The summed E-state index contributed by atoms with van der Waals surface area (Å²) >= 11 is 0. The number of unbranched alkanes of at least 4 members (excludes halogenated alkanes) is 8. The van der Waals surface area contributed by atoms with Gasteiger partial charge in [0.2, 0.25) is 11.4 Å². The molecule has 1 heterocycles. The minimum Gasteiger partial charge on any atom is -0.493 e. The van der Waals surface area contributed by atoms with Crippen LogP contribution in [-0.2, 0) is 12.8 Å². The van der Waals surface area contributed by atoms with E-state index in [4.69, 9.17) is 0 Å². The van der Waals surface area contributed by atoms with Crippen LogP contribution in [-0.4, -0.2) is 4.70 Å². The van der Waals surface area contributed by atoms with Crippen molar-refractivity contribution in [1.29, 1.82) is 0 Å². The van der Waals surface area contributed by atoms with E-state index >= 15 is 0 Å². The van der Waals surface area contributed by atoms with Crippen LogP contribution in [0.2, 0.25) is 0 Å². The fourth-order valence-corrected chi connectivity index (χ4v) is 5.77. The largest absolute Gasteiger partial charge is 0.493 e. The minimum atomic E-state index is 1.02. The van der Waals surface area contributed by atoms with Crippen LogP contribution in [0, 0.1) is 0 Å². The third-order valence-corrected chi connectivity index (χ3v) is 7.96. The molecule has 0 aliphatic carbocycles. The Labute approximate surface area is 233 Å². The lowest BCUT2D eigenvalue weighted by Crippen LogP contribution is -2.03. The number of rotatable bonds is 18. The Morgan fingerprint density at radius 2 is 0.921 bits per heavy atom. The van der Waals surface area contributed by atoms with Gasteiger partial charge in [-0.1, -0.05) is 103 Å². The fraction of sp³-hybridized carbons (Fsp3) is 0.556. The molecule has 0 amide bonds. The third-order valence-electron chi connectivity index (χ3n) is 7.96. The number of aryl methyl sites for hydroxylation is 2. The first-order valence-electron chi connectivity index (χ1n) is 15.8. The summed E-state index contributed by atoms with van der Waals surface area (Å²) < 4.78 is 1.57. The lowest BCUT2D eigenvalue weighted by atomic mass is 9.91. The molecule has 1 aliphatic rings. The molecule has 0 spiro atoms. The monoisotopic (exact) mass is 512 g/mol. The average Bonchev–Trinajstić information content (AvgIpc) is 3.21.